The maximum absolute atomic E-state index is 13.4. The molecule has 6 atom stereocenters. The maximum atomic E-state index is 13.4. The van der Waals surface area contributed by atoms with Crippen LogP contribution < -0.4 is 5.32 Å². The SMILES string of the molecule is CN1C[C@H](C(=O)NC2O[C@@]3(O)[C@@H]4CCCN4C(=O)CN3C2=O)CC2c3cccc4[nH]cc(c34)C[C@H]21.Cc1ccccc1. The number of H-pyrrole nitrogens is 1. The highest BCUT2D eigenvalue weighted by atomic mass is 16.7. The molecule has 4 saturated heterocycles. The fourth-order valence-corrected chi connectivity index (χ4v) is 7.72. The molecule has 5 aliphatic rings. The normalized spacial score (nSPS) is 31.7. The van der Waals surface area contributed by atoms with Crippen LogP contribution in [-0.2, 0) is 25.5 Å². The summed E-state index contributed by atoms with van der Waals surface area (Å²) < 4.78 is 5.79. The predicted octanol–water partition coefficient (Wildman–Crippen LogP) is 2.07. The summed E-state index contributed by atoms with van der Waals surface area (Å²) >= 11 is 0. The Morgan fingerprint density at radius 2 is 1.95 bits per heavy atom. The zero-order chi connectivity index (χ0) is 29.2. The van der Waals surface area contributed by atoms with Crippen molar-refractivity contribution in [1.29, 1.82) is 0 Å². The number of hydrogen-bond acceptors (Lipinski definition) is 6. The lowest BCUT2D eigenvalue weighted by Crippen LogP contribution is -2.67. The summed E-state index contributed by atoms with van der Waals surface area (Å²) in [5, 5.41) is 15.3. The number of aliphatic hydroxyl groups is 1. The topological polar surface area (TPSA) is 118 Å². The van der Waals surface area contributed by atoms with Crippen LogP contribution in [0.4, 0.5) is 0 Å². The molecule has 8 rings (SSSR count). The molecule has 5 heterocycles. The second kappa shape index (κ2) is 10.2. The van der Waals surface area contributed by atoms with Gasteiger partial charge in [0.1, 0.15) is 12.6 Å². The monoisotopic (exact) mass is 571 g/mol. The van der Waals surface area contributed by atoms with Gasteiger partial charge in [0, 0.05) is 42.1 Å². The van der Waals surface area contributed by atoms with Crippen LogP contribution in [-0.4, -0.2) is 93.4 Å². The lowest BCUT2D eigenvalue weighted by molar-refractivity contribution is -0.294. The Morgan fingerprint density at radius 3 is 2.71 bits per heavy atom. The van der Waals surface area contributed by atoms with Crippen molar-refractivity contribution in [2.75, 3.05) is 26.7 Å². The summed E-state index contributed by atoms with van der Waals surface area (Å²) in [7, 11) is 2.05. The smallest absolute Gasteiger partial charge is 0.277 e. The maximum Gasteiger partial charge on any atom is 0.277 e. The molecule has 10 nitrogen and oxygen atoms in total. The number of likely N-dealkylation sites (N-methyl/N-ethyl adjacent to an activating group) is 1. The summed E-state index contributed by atoms with van der Waals surface area (Å²) in [4.78, 5) is 47.2. The molecular formula is C32H37N5O5. The number of ether oxygens (including phenoxy) is 1. The second-order valence-corrected chi connectivity index (χ2v) is 12.3. The number of aromatic nitrogens is 1. The molecule has 1 aromatic heterocycles. The first kappa shape index (κ1) is 27.1. The van der Waals surface area contributed by atoms with Gasteiger partial charge in [-0.25, -0.2) is 0 Å². The fraction of sp³-hybridized carbons (Fsp3) is 0.469. The fourth-order valence-electron chi connectivity index (χ4n) is 7.72. The molecule has 2 unspecified atom stereocenters. The average molecular weight is 572 g/mol. The minimum absolute atomic E-state index is 0.198. The van der Waals surface area contributed by atoms with E-state index < -0.39 is 24.1 Å². The number of likely N-dealkylation sites (tertiary alicyclic amines) is 1. The highest BCUT2D eigenvalue weighted by Crippen LogP contribution is 2.45. The van der Waals surface area contributed by atoms with Crippen molar-refractivity contribution in [2.24, 2.45) is 5.92 Å². The van der Waals surface area contributed by atoms with Crippen LogP contribution in [0.15, 0.2) is 54.7 Å². The third-order valence-electron chi connectivity index (χ3n) is 9.78. The lowest BCUT2D eigenvalue weighted by atomic mass is 9.72. The third-order valence-corrected chi connectivity index (χ3v) is 9.78. The number of carbonyl (C=O) groups is 3. The molecule has 2 aromatic carbocycles. The van der Waals surface area contributed by atoms with Crippen molar-refractivity contribution in [3.05, 3.63) is 71.4 Å². The molecule has 0 saturated carbocycles. The quantitative estimate of drug-likeness (QED) is 0.434. The van der Waals surface area contributed by atoms with E-state index in [0.717, 1.165) is 23.3 Å². The minimum Gasteiger partial charge on any atom is -0.361 e. The van der Waals surface area contributed by atoms with Gasteiger partial charge in [-0.3, -0.25) is 24.0 Å². The number of piperidine rings is 1. The first-order chi connectivity index (χ1) is 20.2. The van der Waals surface area contributed by atoms with Gasteiger partial charge in [-0.05, 0) is 56.8 Å². The molecule has 0 bridgehead atoms. The van der Waals surface area contributed by atoms with Gasteiger partial charge in [0.05, 0.1) is 5.92 Å². The molecule has 1 aliphatic carbocycles. The van der Waals surface area contributed by atoms with Gasteiger partial charge in [-0.2, -0.15) is 0 Å². The van der Waals surface area contributed by atoms with Crippen molar-refractivity contribution in [3.8, 4) is 0 Å². The molecule has 4 fully saturated rings. The van der Waals surface area contributed by atoms with Gasteiger partial charge in [0.25, 0.3) is 11.8 Å². The van der Waals surface area contributed by atoms with Gasteiger partial charge in [-0.15, -0.1) is 0 Å². The number of amides is 3. The molecular weight excluding hydrogens is 534 g/mol. The number of aryl methyl sites for hydroxylation is 1. The van der Waals surface area contributed by atoms with E-state index in [0.29, 0.717) is 32.0 Å². The highest BCUT2D eigenvalue weighted by Gasteiger charge is 2.63. The Hall–Kier alpha value is -3.73. The second-order valence-electron chi connectivity index (χ2n) is 12.3. The molecule has 0 spiro atoms. The molecule has 3 amide bonds. The molecule has 0 radical (unpaired) electrons. The molecule has 3 aromatic rings. The van der Waals surface area contributed by atoms with Gasteiger partial charge in [0.15, 0.2) is 0 Å². The highest BCUT2D eigenvalue weighted by molar-refractivity contribution is 5.93. The van der Waals surface area contributed by atoms with E-state index in [-0.39, 0.29) is 30.2 Å². The van der Waals surface area contributed by atoms with Crippen molar-refractivity contribution in [1.82, 2.24) is 25.0 Å². The number of fused-ring (bicyclic) bond motifs is 5. The van der Waals surface area contributed by atoms with E-state index >= 15 is 0 Å². The van der Waals surface area contributed by atoms with Crippen LogP contribution in [0.25, 0.3) is 10.9 Å². The minimum atomic E-state index is -1.89. The van der Waals surface area contributed by atoms with E-state index in [2.05, 4.69) is 65.7 Å². The number of aromatic amines is 1. The van der Waals surface area contributed by atoms with E-state index in [1.165, 1.54) is 22.1 Å². The van der Waals surface area contributed by atoms with Crippen molar-refractivity contribution < 1.29 is 24.2 Å². The van der Waals surface area contributed by atoms with E-state index in [1.807, 2.05) is 18.2 Å². The van der Waals surface area contributed by atoms with Crippen LogP contribution in [0.3, 0.4) is 0 Å². The Morgan fingerprint density at radius 1 is 1.14 bits per heavy atom. The first-order valence-corrected chi connectivity index (χ1v) is 14.9. The lowest BCUT2D eigenvalue weighted by Gasteiger charge is -2.45. The van der Waals surface area contributed by atoms with Gasteiger partial charge in [0.2, 0.25) is 18.0 Å². The number of benzene rings is 2. The Labute approximate surface area is 244 Å². The van der Waals surface area contributed by atoms with Gasteiger partial charge >= 0.3 is 0 Å². The van der Waals surface area contributed by atoms with Crippen LogP contribution in [0.1, 0.15) is 41.9 Å². The number of nitrogens with zero attached hydrogens (tertiary/aromatic N) is 3. The summed E-state index contributed by atoms with van der Waals surface area (Å²) in [6, 6.07) is 16.3. The number of carbonyl (C=O) groups excluding carboxylic acids is 3. The standard InChI is InChI=1S/C25H29N5O5.C7H8/c1-28-11-14(8-16-15-4-2-5-17-21(15)13(10-26-17)9-18(16)28)22(32)27-23-24(33)30-12-20(31)29-7-3-6-19(29)25(30,34)35-23;1-7-5-3-2-4-6-7/h2,4-5,10,14,16,18-19,23,26,34H,3,6-9,11-12H2,1H3,(H,27,32);2-6H,1H3/t14-,16?,18-,19+,23?,25+;/m1./s1. The number of nitrogens with one attached hydrogen (secondary N) is 2. The average Bonchev–Trinajstić information content (AvgIpc) is 3.70. The molecule has 3 N–H and O–H groups in total. The summed E-state index contributed by atoms with van der Waals surface area (Å²) in [5.41, 5.74) is 5.02. The largest absolute Gasteiger partial charge is 0.361 e. The van der Waals surface area contributed by atoms with Gasteiger partial charge in [-0.1, -0.05) is 48.0 Å². The first-order valence-electron chi connectivity index (χ1n) is 14.9. The zero-order valence-corrected chi connectivity index (χ0v) is 24.0. The van der Waals surface area contributed by atoms with E-state index in [4.69, 9.17) is 4.74 Å². The molecule has 42 heavy (non-hydrogen) atoms. The van der Waals surface area contributed by atoms with Crippen molar-refractivity contribution >= 4 is 28.6 Å². The van der Waals surface area contributed by atoms with Crippen molar-refractivity contribution in [2.45, 2.75) is 62.7 Å². The summed E-state index contributed by atoms with van der Waals surface area (Å²) in [6.07, 6.45) is 3.70. The Kier molecular flexibility index (Phi) is 6.60. The molecule has 10 heteroatoms. The van der Waals surface area contributed by atoms with Crippen molar-refractivity contribution in [3.63, 3.8) is 0 Å². The number of rotatable bonds is 2. The molecule has 4 aliphatic heterocycles. The third kappa shape index (κ3) is 4.31. The van der Waals surface area contributed by atoms with Crippen LogP contribution in [0, 0.1) is 12.8 Å². The summed E-state index contributed by atoms with van der Waals surface area (Å²) in [5.74, 6) is -3.04. The number of piperazine rings is 1. The molecule has 220 valence electrons. The van der Waals surface area contributed by atoms with E-state index in [1.54, 1.807) is 4.90 Å². The Bertz CT molecular complexity index is 1540. The number of hydrogen-bond donors (Lipinski definition) is 3. The van der Waals surface area contributed by atoms with E-state index in [9.17, 15) is 19.5 Å². The zero-order valence-electron chi connectivity index (χ0n) is 24.0. The van der Waals surface area contributed by atoms with Crippen LogP contribution in [0.2, 0.25) is 0 Å². The van der Waals surface area contributed by atoms with Crippen LogP contribution in [0.5, 0.6) is 0 Å². The predicted molar refractivity (Wildman–Crippen MR) is 155 cm³/mol. The van der Waals surface area contributed by atoms with Gasteiger partial charge < -0.3 is 25.2 Å². The van der Waals surface area contributed by atoms with Crippen LogP contribution >= 0.6 is 0 Å². The Balaban J connectivity index is 0.000000363. The summed E-state index contributed by atoms with van der Waals surface area (Å²) in [6.45, 7) is 2.96.